The molecule has 1 aliphatic heterocycles. The van der Waals surface area contributed by atoms with Gasteiger partial charge in [0.2, 0.25) is 0 Å². The molecule has 1 N–H and O–H groups in total. The lowest BCUT2D eigenvalue weighted by Gasteiger charge is -2.12. The number of β-amino-alcohol motifs (C(OH)–C–C–N with tert-alkyl or cyclic N) is 1. The summed E-state index contributed by atoms with van der Waals surface area (Å²) in [7, 11) is 0. The molecule has 1 saturated carbocycles. The van der Waals surface area contributed by atoms with Crippen LogP contribution in [0.5, 0.6) is 0 Å². The van der Waals surface area contributed by atoms with Crippen molar-refractivity contribution in [2.45, 2.75) is 63.3 Å². The van der Waals surface area contributed by atoms with Gasteiger partial charge < -0.3 is 9.67 Å². The first-order valence-corrected chi connectivity index (χ1v) is 7.24. The van der Waals surface area contributed by atoms with Gasteiger partial charge in [-0.2, -0.15) is 0 Å². The molecule has 0 bridgehead atoms. The smallest absolute Gasteiger partial charge is 0.0946 e. The first kappa shape index (κ1) is 12.2. The average Bonchev–Trinajstić information content (AvgIpc) is 2.75. The molecule has 3 atom stereocenters. The van der Waals surface area contributed by atoms with E-state index in [9.17, 15) is 5.11 Å². The maximum absolute atomic E-state index is 10.1. The van der Waals surface area contributed by atoms with Crippen molar-refractivity contribution in [1.82, 2.24) is 14.5 Å². The number of rotatable bonds is 4. The van der Waals surface area contributed by atoms with Crippen LogP contribution in [0.15, 0.2) is 18.7 Å². The normalized spacial score (nSPS) is 33.3. The van der Waals surface area contributed by atoms with Crippen molar-refractivity contribution in [1.29, 1.82) is 0 Å². The molecule has 4 heteroatoms. The maximum atomic E-state index is 10.1. The summed E-state index contributed by atoms with van der Waals surface area (Å²) in [6.45, 7) is 1.49. The Morgan fingerprint density at radius 1 is 1.11 bits per heavy atom. The van der Waals surface area contributed by atoms with E-state index in [1.165, 1.54) is 38.5 Å². The Kier molecular flexibility index (Phi) is 3.66. The van der Waals surface area contributed by atoms with Gasteiger partial charge >= 0.3 is 0 Å². The van der Waals surface area contributed by atoms with Crippen molar-refractivity contribution in [2.24, 2.45) is 0 Å². The third-order valence-electron chi connectivity index (χ3n) is 4.36. The molecular weight excluding hydrogens is 226 g/mol. The zero-order valence-corrected chi connectivity index (χ0v) is 10.9. The van der Waals surface area contributed by atoms with Crippen molar-refractivity contribution >= 4 is 0 Å². The predicted molar refractivity (Wildman–Crippen MR) is 70.2 cm³/mol. The van der Waals surface area contributed by atoms with E-state index in [0.29, 0.717) is 6.54 Å². The van der Waals surface area contributed by atoms with E-state index in [1.54, 1.807) is 12.5 Å². The fraction of sp³-hybridized carbons (Fsp3) is 0.786. The molecule has 1 saturated heterocycles. The molecule has 2 fully saturated rings. The molecule has 1 aromatic heterocycles. The summed E-state index contributed by atoms with van der Waals surface area (Å²) in [5, 5.41) is 10.1. The Labute approximate surface area is 109 Å². The highest BCUT2D eigenvalue weighted by Gasteiger charge is 2.46. The van der Waals surface area contributed by atoms with E-state index in [4.69, 9.17) is 0 Å². The number of imidazole rings is 1. The molecular formula is C14H23N3O. The SMILES string of the molecule is OC(CN1C2CCCCCCC21)Cn1ccnc1. The largest absolute Gasteiger partial charge is 0.390 e. The van der Waals surface area contributed by atoms with Gasteiger partial charge in [-0.15, -0.1) is 0 Å². The van der Waals surface area contributed by atoms with Crippen molar-refractivity contribution in [3.05, 3.63) is 18.7 Å². The van der Waals surface area contributed by atoms with Crippen LogP contribution in [0.2, 0.25) is 0 Å². The van der Waals surface area contributed by atoms with E-state index in [2.05, 4.69) is 9.88 Å². The molecule has 4 nitrogen and oxygen atoms in total. The Balaban J connectivity index is 1.48. The van der Waals surface area contributed by atoms with Crippen molar-refractivity contribution in [2.75, 3.05) is 6.54 Å². The second-order valence-electron chi connectivity index (χ2n) is 5.74. The molecule has 2 heterocycles. The zero-order chi connectivity index (χ0) is 12.4. The van der Waals surface area contributed by atoms with Crippen LogP contribution in [-0.2, 0) is 6.54 Å². The quantitative estimate of drug-likeness (QED) is 0.825. The Bertz CT molecular complexity index is 351. The van der Waals surface area contributed by atoms with Crippen molar-refractivity contribution in [3.63, 3.8) is 0 Å². The van der Waals surface area contributed by atoms with Crippen LogP contribution in [0.25, 0.3) is 0 Å². The lowest BCUT2D eigenvalue weighted by molar-refractivity contribution is 0.129. The Morgan fingerprint density at radius 2 is 1.83 bits per heavy atom. The lowest BCUT2D eigenvalue weighted by Crippen LogP contribution is -2.25. The van der Waals surface area contributed by atoms with E-state index in [-0.39, 0.29) is 6.10 Å². The fourth-order valence-corrected chi connectivity index (χ4v) is 3.38. The van der Waals surface area contributed by atoms with Gasteiger partial charge in [0.15, 0.2) is 0 Å². The predicted octanol–water partition coefficient (Wildman–Crippen LogP) is 1.65. The summed E-state index contributed by atoms with van der Waals surface area (Å²) in [5.41, 5.74) is 0. The monoisotopic (exact) mass is 249 g/mol. The molecule has 3 rings (SSSR count). The van der Waals surface area contributed by atoms with E-state index in [1.807, 2.05) is 10.8 Å². The van der Waals surface area contributed by atoms with Gasteiger partial charge in [-0.1, -0.05) is 25.7 Å². The van der Waals surface area contributed by atoms with Crippen LogP contribution in [0.4, 0.5) is 0 Å². The molecule has 0 amide bonds. The molecule has 1 aliphatic carbocycles. The number of aliphatic hydroxyl groups is 1. The van der Waals surface area contributed by atoms with Crippen LogP contribution >= 0.6 is 0 Å². The minimum atomic E-state index is -0.271. The van der Waals surface area contributed by atoms with Gasteiger partial charge in [0.25, 0.3) is 0 Å². The highest BCUT2D eigenvalue weighted by atomic mass is 16.3. The number of fused-ring (bicyclic) bond motifs is 1. The van der Waals surface area contributed by atoms with Gasteiger partial charge in [-0.25, -0.2) is 4.98 Å². The molecule has 1 aromatic rings. The number of aliphatic hydroxyl groups excluding tert-OH is 1. The summed E-state index contributed by atoms with van der Waals surface area (Å²) in [6, 6.07) is 1.53. The summed E-state index contributed by atoms with van der Waals surface area (Å²) in [6.07, 6.45) is 13.4. The minimum Gasteiger partial charge on any atom is -0.390 e. The van der Waals surface area contributed by atoms with Gasteiger partial charge in [0.05, 0.1) is 19.0 Å². The molecule has 0 radical (unpaired) electrons. The molecule has 18 heavy (non-hydrogen) atoms. The van der Waals surface area contributed by atoms with Gasteiger partial charge in [-0.05, 0) is 12.8 Å². The van der Waals surface area contributed by atoms with Crippen LogP contribution < -0.4 is 0 Å². The third kappa shape index (κ3) is 2.75. The first-order valence-electron chi connectivity index (χ1n) is 7.24. The van der Waals surface area contributed by atoms with Gasteiger partial charge in [-0.3, -0.25) is 4.90 Å². The minimum absolute atomic E-state index is 0.271. The van der Waals surface area contributed by atoms with Crippen molar-refractivity contribution < 1.29 is 5.11 Å². The second-order valence-corrected chi connectivity index (χ2v) is 5.74. The van der Waals surface area contributed by atoms with E-state index in [0.717, 1.165) is 18.6 Å². The molecule has 100 valence electrons. The second kappa shape index (κ2) is 5.41. The van der Waals surface area contributed by atoms with Gasteiger partial charge in [0, 0.05) is 31.0 Å². The molecule has 3 unspecified atom stereocenters. The maximum Gasteiger partial charge on any atom is 0.0946 e. The Morgan fingerprint density at radius 3 is 2.44 bits per heavy atom. The van der Waals surface area contributed by atoms with Crippen LogP contribution in [0, 0.1) is 0 Å². The van der Waals surface area contributed by atoms with Crippen LogP contribution in [-0.4, -0.2) is 44.3 Å². The highest BCUT2D eigenvalue weighted by molar-refractivity contribution is 5.03. The van der Waals surface area contributed by atoms with Gasteiger partial charge in [0.1, 0.15) is 0 Å². The number of hydrogen-bond donors (Lipinski definition) is 1. The topological polar surface area (TPSA) is 41.1 Å². The number of nitrogens with zero attached hydrogens (tertiary/aromatic N) is 3. The third-order valence-corrected chi connectivity index (χ3v) is 4.36. The first-order chi connectivity index (χ1) is 8.84. The Hall–Kier alpha value is -0.870. The van der Waals surface area contributed by atoms with E-state index < -0.39 is 0 Å². The highest BCUT2D eigenvalue weighted by Crippen LogP contribution is 2.38. The average molecular weight is 249 g/mol. The fourth-order valence-electron chi connectivity index (χ4n) is 3.38. The zero-order valence-electron chi connectivity index (χ0n) is 10.9. The van der Waals surface area contributed by atoms with E-state index >= 15 is 0 Å². The summed E-state index contributed by atoms with van der Waals surface area (Å²) in [5.74, 6) is 0. The summed E-state index contributed by atoms with van der Waals surface area (Å²) < 4.78 is 1.95. The lowest BCUT2D eigenvalue weighted by atomic mass is 10.0. The number of aromatic nitrogens is 2. The van der Waals surface area contributed by atoms with Crippen molar-refractivity contribution in [3.8, 4) is 0 Å². The number of hydrogen-bond acceptors (Lipinski definition) is 3. The molecule has 2 aliphatic rings. The summed E-state index contributed by atoms with van der Waals surface area (Å²) in [4.78, 5) is 6.51. The summed E-state index contributed by atoms with van der Waals surface area (Å²) >= 11 is 0. The standard InChI is InChI=1S/C14H23N3O/c18-12(9-16-8-7-15-11-16)10-17-13-5-3-1-2-4-6-14(13)17/h7-8,11-14,18H,1-6,9-10H2. The molecule has 0 spiro atoms. The van der Waals surface area contributed by atoms with Crippen LogP contribution in [0.1, 0.15) is 38.5 Å². The van der Waals surface area contributed by atoms with Crippen LogP contribution in [0.3, 0.4) is 0 Å². The molecule has 0 aromatic carbocycles.